The molecule has 0 saturated carbocycles. The van der Waals surface area contributed by atoms with E-state index in [1.54, 1.807) is 30.1 Å². The molecule has 162 valence electrons. The van der Waals surface area contributed by atoms with Crippen LogP contribution < -0.4 is 4.90 Å². The average Bonchev–Trinajstić information content (AvgIpc) is 3.37. The number of rotatable bonds is 3. The Kier molecular flexibility index (Phi) is 4.92. The van der Waals surface area contributed by atoms with Gasteiger partial charge in [0.25, 0.3) is 5.91 Å². The van der Waals surface area contributed by atoms with Crippen molar-refractivity contribution in [3.8, 4) is 11.3 Å². The molecule has 5 heterocycles. The number of benzene rings is 1. The maximum Gasteiger partial charge on any atom is 0.254 e. The van der Waals surface area contributed by atoms with Crippen LogP contribution in [-0.4, -0.2) is 56.9 Å². The van der Waals surface area contributed by atoms with Crippen LogP contribution in [0.3, 0.4) is 0 Å². The van der Waals surface area contributed by atoms with Gasteiger partial charge in [-0.25, -0.2) is 15.0 Å². The van der Waals surface area contributed by atoms with Gasteiger partial charge in [-0.1, -0.05) is 18.2 Å². The fourth-order valence-corrected chi connectivity index (χ4v) is 5.07. The first kappa shape index (κ1) is 19.8. The van der Waals surface area contributed by atoms with E-state index in [0.29, 0.717) is 18.7 Å². The summed E-state index contributed by atoms with van der Waals surface area (Å²) in [5.41, 5.74) is 3.22. The molecule has 0 unspecified atom stereocenters. The zero-order chi connectivity index (χ0) is 22.2. The number of amides is 1. The standard InChI is InChI=1S/C25H20N6OS/c32-25(31-12-10-30(11-13-31)23-19-7-14-33-24(19)28-16-27-23)20-15-22(17-5-8-26-9-6-17)29-21-4-2-1-3-18(20)21/h1-9,14-16H,10-13H2. The lowest BCUT2D eigenvalue weighted by atomic mass is 10.0. The molecule has 1 amide bonds. The fraction of sp³-hybridized carbons (Fsp3) is 0.160. The van der Waals surface area contributed by atoms with Crippen LogP contribution in [0.2, 0.25) is 0 Å². The van der Waals surface area contributed by atoms with Crippen LogP contribution in [0.4, 0.5) is 5.82 Å². The molecule has 1 aliphatic rings. The number of hydrogen-bond donors (Lipinski definition) is 0. The third-order valence-electron chi connectivity index (χ3n) is 6.03. The van der Waals surface area contributed by atoms with Crippen LogP contribution in [0.1, 0.15) is 10.4 Å². The molecule has 0 radical (unpaired) electrons. The van der Waals surface area contributed by atoms with Crippen molar-refractivity contribution in [2.75, 3.05) is 31.1 Å². The van der Waals surface area contributed by atoms with E-state index in [0.717, 1.165) is 51.3 Å². The maximum atomic E-state index is 13.7. The monoisotopic (exact) mass is 452 g/mol. The lowest BCUT2D eigenvalue weighted by Crippen LogP contribution is -2.49. The van der Waals surface area contributed by atoms with Crippen LogP contribution >= 0.6 is 11.3 Å². The Morgan fingerprint density at radius 3 is 2.58 bits per heavy atom. The summed E-state index contributed by atoms with van der Waals surface area (Å²) in [4.78, 5) is 36.6. The van der Waals surface area contributed by atoms with Crippen molar-refractivity contribution in [3.05, 3.63) is 78.2 Å². The number of carbonyl (C=O) groups is 1. The van der Waals surface area contributed by atoms with Crippen molar-refractivity contribution >= 4 is 44.2 Å². The maximum absolute atomic E-state index is 13.7. The van der Waals surface area contributed by atoms with E-state index >= 15 is 0 Å². The number of anilines is 1. The van der Waals surface area contributed by atoms with Crippen LogP contribution in [-0.2, 0) is 0 Å². The van der Waals surface area contributed by atoms with Crippen molar-refractivity contribution < 1.29 is 4.79 Å². The molecule has 33 heavy (non-hydrogen) atoms. The molecule has 0 N–H and O–H groups in total. The number of thiophene rings is 1. The van der Waals surface area contributed by atoms with Gasteiger partial charge < -0.3 is 9.80 Å². The predicted octanol–water partition coefficient (Wildman–Crippen LogP) is 4.26. The topological polar surface area (TPSA) is 75.1 Å². The van der Waals surface area contributed by atoms with Gasteiger partial charge in [0.2, 0.25) is 0 Å². The van der Waals surface area contributed by atoms with Crippen molar-refractivity contribution in [2.24, 2.45) is 0 Å². The third kappa shape index (κ3) is 3.58. The highest BCUT2D eigenvalue weighted by molar-refractivity contribution is 7.16. The Morgan fingerprint density at radius 1 is 0.909 bits per heavy atom. The van der Waals surface area contributed by atoms with E-state index in [-0.39, 0.29) is 5.91 Å². The average molecular weight is 453 g/mol. The molecule has 1 fully saturated rings. The normalized spacial score (nSPS) is 14.2. The highest BCUT2D eigenvalue weighted by atomic mass is 32.1. The Bertz CT molecular complexity index is 1460. The number of fused-ring (bicyclic) bond motifs is 2. The van der Waals surface area contributed by atoms with Crippen molar-refractivity contribution in [2.45, 2.75) is 0 Å². The third-order valence-corrected chi connectivity index (χ3v) is 6.85. The number of nitrogens with zero attached hydrogens (tertiary/aromatic N) is 6. The van der Waals surface area contributed by atoms with Crippen LogP contribution in [0.25, 0.3) is 32.4 Å². The van der Waals surface area contributed by atoms with Crippen LogP contribution in [0.15, 0.2) is 72.6 Å². The zero-order valence-electron chi connectivity index (χ0n) is 17.8. The lowest BCUT2D eigenvalue weighted by Gasteiger charge is -2.35. The van der Waals surface area contributed by atoms with Crippen LogP contribution in [0.5, 0.6) is 0 Å². The number of para-hydroxylation sites is 1. The van der Waals surface area contributed by atoms with Gasteiger partial charge in [0, 0.05) is 49.5 Å². The number of piperazine rings is 1. The van der Waals surface area contributed by atoms with Crippen molar-refractivity contribution in [3.63, 3.8) is 0 Å². The SMILES string of the molecule is O=C(c1cc(-c2ccncc2)nc2ccccc12)N1CCN(c2ncnc3sccc23)CC1. The van der Waals surface area contributed by atoms with E-state index in [2.05, 4.69) is 25.9 Å². The molecule has 0 spiro atoms. The van der Waals surface area contributed by atoms with E-state index in [9.17, 15) is 4.79 Å². The van der Waals surface area contributed by atoms with Gasteiger partial charge in [-0.05, 0) is 35.7 Å². The van der Waals surface area contributed by atoms with Gasteiger partial charge in [-0.3, -0.25) is 9.78 Å². The predicted molar refractivity (Wildman–Crippen MR) is 131 cm³/mol. The summed E-state index contributed by atoms with van der Waals surface area (Å²) in [5, 5.41) is 3.99. The number of aromatic nitrogens is 4. The number of pyridine rings is 2. The Morgan fingerprint density at radius 2 is 1.73 bits per heavy atom. The quantitative estimate of drug-likeness (QED) is 0.407. The first-order chi connectivity index (χ1) is 16.3. The molecule has 6 rings (SSSR count). The zero-order valence-corrected chi connectivity index (χ0v) is 18.6. The van der Waals surface area contributed by atoms with E-state index in [1.165, 1.54) is 0 Å². The minimum atomic E-state index is 0.0342. The molecule has 5 aromatic rings. The molecule has 1 aromatic carbocycles. The fourth-order valence-electron chi connectivity index (χ4n) is 4.34. The van der Waals surface area contributed by atoms with Crippen molar-refractivity contribution in [1.82, 2.24) is 24.8 Å². The van der Waals surface area contributed by atoms with Crippen molar-refractivity contribution in [1.29, 1.82) is 0 Å². The number of carbonyl (C=O) groups excluding carboxylic acids is 1. The molecule has 0 aliphatic carbocycles. The van der Waals surface area contributed by atoms with Gasteiger partial charge in [-0.15, -0.1) is 11.3 Å². The molecular weight excluding hydrogens is 432 g/mol. The lowest BCUT2D eigenvalue weighted by molar-refractivity contribution is 0.0748. The van der Waals surface area contributed by atoms with E-state index in [1.807, 2.05) is 52.7 Å². The second-order valence-corrected chi connectivity index (χ2v) is 8.82. The minimum Gasteiger partial charge on any atom is -0.352 e. The highest BCUT2D eigenvalue weighted by Gasteiger charge is 2.26. The first-order valence-electron chi connectivity index (χ1n) is 10.8. The van der Waals surface area contributed by atoms with Gasteiger partial charge in [0.05, 0.1) is 22.2 Å². The van der Waals surface area contributed by atoms with E-state index < -0.39 is 0 Å². The molecule has 1 saturated heterocycles. The summed E-state index contributed by atoms with van der Waals surface area (Å²) in [6.07, 6.45) is 5.10. The molecule has 1 aliphatic heterocycles. The number of hydrogen-bond acceptors (Lipinski definition) is 7. The first-order valence-corrected chi connectivity index (χ1v) is 11.7. The minimum absolute atomic E-state index is 0.0342. The van der Waals surface area contributed by atoms with Crippen LogP contribution in [0, 0.1) is 0 Å². The smallest absolute Gasteiger partial charge is 0.254 e. The summed E-state index contributed by atoms with van der Waals surface area (Å²) in [7, 11) is 0. The summed E-state index contributed by atoms with van der Waals surface area (Å²) < 4.78 is 0. The molecule has 0 bridgehead atoms. The Balaban J connectivity index is 1.30. The van der Waals surface area contributed by atoms with Gasteiger partial charge >= 0.3 is 0 Å². The van der Waals surface area contributed by atoms with Gasteiger partial charge in [-0.2, -0.15) is 0 Å². The van der Waals surface area contributed by atoms with Gasteiger partial charge in [0.1, 0.15) is 17.0 Å². The molecule has 8 heteroatoms. The Hall–Kier alpha value is -3.91. The summed E-state index contributed by atoms with van der Waals surface area (Å²) in [6.45, 7) is 2.73. The second-order valence-electron chi connectivity index (χ2n) is 7.92. The Labute approximate surface area is 194 Å². The summed E-state index contributed by atoms with van der Waals surface area (Å²) >= 11 is 1.62. The summed E-state index contributed by atoms with van der Waals surface area (Å²) in [6, 6.07) is 15.6. The summed E-state index contributed by atoms with van der Waals surface area (Å²) in [5.74, 6) is 0.981. The molecule has 4 aromatic heterocycles. The highest BCUT2D eigenvalue weighted by Crippen LogP contribution is 2.29. The van der Waals surface area contributed by atoms with Gasteiger partial charge in [0.15, 0.2) is 0 Å². The molecule has 7 nitrogen and oxygen atoms in total. The largest absolute Gasteiger partial charge is 0.352 e. The second kappa shape index (κ2) is 8.22. The van der Waals surface area contributed by atoms with E-state index in [4.69, 9.17) is 4.98 Å². The molecule has 0 atom stereocenters. The molecular formula is C25H20N6OS.